The summed E-state index contributed by atoms with van der Waals surface area (Å²) >= 11 is 1.96. The van der Waals surface area contributed by atoms with E-state index < -0.39 is 0 Å². The smallest absolute Gasteiger partial charge is 0.00480 e. The molecule has 0 amide bonds. The maximum Gasteiger partial charge on any atom is 0.00480 e. The Morgan fingerprint density at radius 1 is 1.20 bits per heavy atom. The topological polar surface area (TPSA) is 0 Å². The third-order valence-electron chi connectivity index (χ3n) is 1.56. The van der Waals surface area contributed by atoms with Crippen LogP contribution in [0.5, 0.6) is 0 Å². The average Bonchev–Trinajstić information content (AvgIpc) is 2.37. The van der Waals surface area contributed by atoms with Crippen molar-refractivity contribution in [2.45, 2.75) is 33.1 Å². The Labute approximate surface area is 66.9 Å². The second-order valence-corrected chi connectivity index (χ2v) is 3.72. The summed E-state index contributed by atoms with van der Waals surface area (Å²) in [6, 6.07) is 4.50. The summed E-state index contributed by atoms with van der Waals surface area (Å²) in [6.07, 6.45) is 3.71. The first kappa shape index (κ1) is 7.80. The van der Waals surface area contributed by atoms with Crippen LogP contribution in [-0.2, 0) is 12.8 Å². The van der Waals surface area contributed by atoms with E-state index in [9.17, 15) is 0 Å². The summed E-state index contributed by atoms with van der Waals surface area (Å²) in [7, 11) is 0. The quantitative estimate of drug-likeness (QED) is 0.627. The summed E-state index contributed by atoms with van der Waals surface area (Å²) < 4.78 is 0. The van der Waals surface area contributed by atoms with E-state index in [1.54, 1.807) is 4.88 Å². The Kier molecular flexibility index (Phi) is 2.94. The molecule has 1 heterocycles. The van der Waals surface area contributed by atoms with Gasteiger partial charge < -0.3 is 0 Å². The summed E-state index contributed by atoms with van der Waals surface area (Å²) in [6.45, 7) is 4.44. The zero-order valence-electron chi connectivity index (χ0n) is 6.68. The fourth-order valence-electron chi connectivity index (χ4n) is 0.993. The van der Waals surface area contributed by atoms with Crippen LogP contribution in [0.3, 0.4) is 0 Å². The lowest BCUT2D eigenvalue weighted by atomic mass is 10.3. The standard InChI is InChI=1S/C9H14S/c1-3-5-9-7-6-8(4-2)10-9/h6-7H,3-5H2,1-2H3. The Bertz CT molecular complexity index is 188. The minimum Gasteiger partial charge on any atom is -0.145 e. The van der Waals surface area contributed by atoms with Gasteiger partial charge in [0, 0.05) is 9.75 Å². The highest BCUT2D eigenvalue weighted by Crippen LogP contribution is 2.17. The van der Waals surface area contributed by atoms with Crippen molar-refractivity contribution in [2.75, 3.05) is 0 Å². The van der Waals surface area contributed by atoms with Crippen LogP contribution in [0, 0.1) is 0 Å². The van der Waals surface area contributed by atoms with Gasteiger partial charge in [-0.15, -0.1) is 11.3 Å². The maximum atomic E-state index is 2.26. The Balaban J connectivity index is 2.59. The van der Waals surface area contributed by atoms with Gasteiger partial charge in [0.05, 0.1) is 0 Å². The molecule has 0 aromatic carbocycles. The normalized spacial score (nSPS) is 10.2. The van der Waals surface area contributed by atoms with E-state index >= 15 is 0 Å². The van der Waals surface area contributed by atoms with Crippen LogP contribution >= 0.6 is 11.3 Å². The predicted molar refractivity (Wildman–Crippen MR) is 47.7 cm³/mol. The second kappa shape index (κ2) is 3.77. The Hall–Kier alpha value is -0.300. The molecule has 0 saturated carbocycles. The van der Waals surface area contributed by atoms with Crippen LogP contribution in [0.1, 0.15) is 30.0 Å². The van der Waals surface area contributed by atoms with E-state index in [4.69, 9.17) is 0 Å². The molecule has 0 radical (unpaired) electrons. The van der Waals surface area contributed by atoms with Gasteiger partial charge in [-0.1, -0.05) is 20.3 Å². The molecule has 0 fully saturated rings. The molecule has 0 unspecified atom stereocenters. The van der Waals surface area contributed by atoms with Crippen LogP contribution in [0.15, 0.2) is 12.1 Å². The molecule has 0 aliphatic heterocycles. The van der Waals surface area contributed by atoms with Crippen molar-refractivity contribution in [2.24, 2.45) is 0 Å². The van der Waals surface area contributed by atoms with E-state index in [1.165, 1.54) is 24.1 Å². The first-order chi connectivity index (χ1) is 4.86. The second-order valence-electron chi connectivity index (χ2n) is 2.47. The number of aryl methyl sites for hydroxylation is 2. The predicted octanol–water partition coefficient (Wildman–Crippen LogP) is 3.26. The van der Waals surface area contributed by atoms with Gasteiger partial charge in [-0.2, -0.15) is 0 Å². The molecule has 1 rings (SSSR count). The molecule has 0 spiro atoms. The summed E-state index contributed by atoms with van der Waals surface area (Å²) in [4.78, 5) is 3.06. The zero-order chi connectivity index (χ0) is 7.40. The molecule has 0 nitrogen and oxygen atoms in total. The van der Waals surface area contributed by atoms with Gasteiger partial charge in [-0.25, -0.2) is 0 Å². The van der Waals surface area contributed by atoms with Crippen molar-refractivity contribution in [3.05, 3.63) is 21.9 Å². The molecule has 1 aromatic heterocycles. The maximum absolute atomic E-state index is 2.26. The zero-order valence-corrected chi connectivity index (χ0v) is 7.50. The molecule has 0 atom stereocenters. The number of hydrogen-bond acceptors (Lipinski definition) is 1. The highest BCUT2D eigenvalue weighted by molar-refractivity contribution is 7.11. The van der Waals surface area contributed by atoms with Gasteiger partial charge in [0.25, 0.3) is 0 Å². The molecule has 0 N–H and O–H groups in total. The molecular weight excluding hydrogens is 140 g/mol. The Morgan fingerprint density at radius 3 is 2.40 bits per heavy atom. The molecule has 10 heavy (non-hydrogen) atoms. The van der Waals surface area contributed by atoms with Crippen molar-refractivity contribution in [1.82, 2.24) is 0 Å². The van der Waals surface area contributed by atoms with Gasteiger partial charge in [0.15, 0.2) is 0 Å². The average molecular weight is 154 g/mol. The molecule has 0 bridgehead atoms. The third kappa shape index (κ3) is 1.84. The van der Waals surface area contributed by atoms with E-state index in [1.807, 2.05) is 11.3 Å². The largest absolute Gasteiger partial charge is 0.145 e. The molecule has 0 saturated heterocycles. The highest BCUT2D eigenvalue weighted by atomic mass is 32.1. The first-order valence-corrected chi connectivity index (χ1v) is 4.76. The summed E-state index contributed by atoms with van der Waals surface area (Å²) in [5.74, 6) is 0. The fraction of sp³-hybridized carbons (Fsp3) is 0.556. The van der Waals surface area contributed by atoms with Crippen LogP contribution in [-0.4, -0.2) is 0 Å². The van der Waals surface area contributed by atoms with E-state index in [0.29, 0.717) is 0 Å². The highest BCUT2D eigenvalue weighted by Gasteiger charge is 1.95. The summed E-state index contributed by atoms with van der Waals surface area (Å²) in [5.41, 5.74) is 0. The minimum absolute atomic E-state index is 1.19. The van der Waals surface area contributed by atoms with E-state index in [0.717, 1.165) is 0 Å². The van der Waals surface area contributed by atoms with Gasteiger partial charge in [0.2, 0.25) is 0 Å². The number of hydrogen-bond donors (Lipinski definition) is 0. The van der Waals surface area contributed by atoms with Crippen LogP contribution < -0.4 is 0 Å². The number of thiophene rings is 1. The van der Waals surface area contributed by atoms with Crippen LogP contribution in [0.25, 0.3) is 0 Å². The first-order valence-electron chi connectivity index (χ1n) is 3.94. The van der Waals surface area contributed by atoms with Gasteiger partial charge >= 0.3 is 0 Å². The summed E-state index contributed by atoms with van der Waals surface area (Å²) in [5, 5.41) is 0. The Morgan fingerprint density at radius 2 is 1.90 bits per heavy atom. The van der Waals surface area contributed by atoms with E-state index in [2.05, 4.69) is 26.0 Å². The van der Waals surface area contributed by atoms with Gasteiger partial charge in [-0.3, -0.25) is 0 Å². The van der Waals surface area contributed by atoms with Crippen molar-refractivity contribution < 1.29 is 0 Å². The van der Waals surface area contributed by atoms with Crippen molar-refractivity contribution in [3.63, 3.8) is 0 Å². The molecule has 1 heteroatoms. The van der Waals surface area contributed by atoms with Gasteiger partial charge in [-0.05, 0) is 25.0 Å². The van der Waals surface area contributed by atoms with Crippen molar-refractivity contribution >= 4 is 11.3 Å². The molecular formula is C9H14S. The van der Waals surface area contributed by atoms with Gasteiger partial charge in [0.1, 0.15) is 0 Å². The SMILES string of the molecule is CCCc1ccc(CC)s1. The van der Waals surface area contributed by atoms with E-state index in [-0.39, 0.29) is 0 Å². The minimum atomic E-state index is 1.19. The molecule has 56 valence electrons. The van der Waals surface area contributed by atoms with Crippen LogP contribution in [0.2, 0.25) is 0 Å². The molecule has 0 aliphatic rings. The third-order valence-corrected chi connectivity index (χ3v) is 2.85. The van der Waals surface area contributed by atoms with Crippen LogP contribution in [0.4, 0.5) is 0 Å². The fourth-order valence-corrected chi connectivity index (χ4v) is 2.05. The molecule has 0 aliphatic carbocycles. The lowest BCUT2D eigenvalue weighted by Crippen LogP contribution is -1.72. The van der Waals surface area contributed by atoms with Crippen molar-refractivity contribution in [1.29, 1.82) is 0 Å². The molecule has 1 aromatic rings. The van der Waals surface area contributed by atoms with Crippen molar-refractivity contribution in [3.8, 4) is 0 Å². The lowest BCUT2D eigenvalue weighted by molar-refractivity contribution is 0.940. The lowest BCUT2D eigenvalue weighted by Gasteiger charge is -1.88. The monoisotopic (exact) mass is 154 g/mol. The number of rotatable bonds is 3.